The lowest BCUT2D eigenvalue weighted by Gasteiger charge is -2.00. The number of nitrogens with zero attached hydrogens (tertiary/aromatic N) is 3. The van der Waals surface area contributed by atoms with Crippen LogP contribution in [0.25, 0.3) is 0 Å². The Hall–Kier alpha value is -2.95. The summed E-state index contributed by atoms with van der Waals surface area (Å²) in [7, 11) is 0. The largest absolute Gasteiger partial charge is 0.398 e. The number of hydrogen-bond donors (Lipinski definition) is 2. The van der Waals surface area contributed by atoms with Gasteiger partial charge in [-0.15, -0.1) is 0 Å². The second-order valence-corrected chi connectivity index (χ2v) is 4.55. The zero-order valence-electron chi connectivity index (χ0n) is 12.3. The molecule has 0 aliphatic rings. The normalized spacial score (nSPS) is 10.2. The summed E-state index contributed by atoms with van der Waals surface area (Å²) in [6.07, 6.45) is 3.46. The van der Waals surface area contributed by atoms with Gasteiger partial charge in [-0.3, -0.25) is 5.10 Å². The van der Waals surface area contributed by atoms with Crippen LogP contribution >= 0.6 is 0 Å². The Kier molecular flexibility index (Phi) is 6.37. The van der Waals surface area contributed by atoms with Crippen LogP contribution in [0.1, 0.15) is 11.1 Å². The van der Waals surface area contributed by atoms with Crippen molar-refractivity contribution in [3.8, 4) is 0 Å². The number of hydrogen-bond acceptors (Lipinski definition) is 4. The number of aromatic amines is 1. The van der Waals surface area contributed by atoms with Gasteiger partial charge in [-0.2, -0.15) is 15.3 Å². The third kappa shape index (κ3) is 5.58. The Morgan fingerprint density at radius 1 is 0.864 bits per heavy atom. The van der Waals surface area contributed by atoms with Gasteiger partial charge in [0.1, 0.15) is 0 Å². The molecule has 0 spiro atoms. The van der Waals surface area contributed by atoms with Crippen LogP contribution in [0.3, 0.4) is 0 Å². The molecular formula is C17H19N5. The number of rotatable bonds is 4. The van der Waals surface area contributed by atoms with Crippen molar-refractivity contribution < 1.29 is 0 Å². The maximum atomic E-state index is 5.81. The smallest absolute Gasteiger partial charge is 0.0869 e. The number of aromatic nitrogens is 2. The van der Waals surface area contributed by atoms with E-state index in [-0.39, 0.29) is 0 Å². The molecule has 112 valence electrons. The van der Waals surface area contributed by atoms with E-state index in [1.165, 1.54) is 0 Å². The fourth-order valence-electron chi connectivity index (χ4n) is 1.73. The molecular weight excluding hydrogens is 274 g/mol. The molecule has 3 rings (SSSR count). The van der Waals surface area contributed by atoms with E-state index in [0.29, 0.717) is 13.1 Å². The van der Waals surface area contributed by atoms with Crippen LogP contribution < -0.4 is 5.73 Å². The number of para-hydroxylation sites is 1. The van der Waals surface area contributed by atoms with Crippen LogP contribution in [0, 0.1) is 0 Å². The summed E-state index contributed by atoms with van der Waals surface area (Å²) in [6, 6.07) is 19.6. The molecule has 0 amide bonds. The van der Waals surface area contributed by atoms with E-state index in [4.69, 9.17) is 5.73 Å². The van der Waals surface area contributed by atoms with Gasteiger partial charge in [0.25, 0.3) is 0 Å². The molecule has 0 bridgehead atoms. The Morgan fingerprint density at radius 3 is 2.23 bits per heavy atom. The molecule has 0 saturated heterocycles. The Balaban J connectivity index is 0.000000299. The summed E-state index contributed by atoms with van der Waals surface area (Å²) >= 11 is 0. The van der Waals surface area contributed by atoms with E-state index in [1.807, 2.05) is 60.7 Å². The predicted molar refractivity (Wildman–Crippen MR) is 88.1 cm³/mol. The third-order valence-corrected chi connectivity index (χ3v) is 2.90. The first-order chi connectivity index (χ1) is 10.9. The van der Waals surface area contributed by atoms with Crippen LogP contribution in [0.4, 0.5) is 5.69 Å². The highest BCUT2D eigenvalue weighted by atomic mass is 15.1. The fraction of sp³-hybridized carbons (Fsp3) is 0.118. The summed E-state index contributed by atoms with van der Waals surface area (Å²) in [5.41, 5.74) is 8.76. The van der Waals surface area contributed by atoms with Crippen LogP contribution in [-0.4, -0.2) is 10.2 Å². The van der Waals surface area contributed by atoms with Crippen LogP contribution in [0.5, 0.6) is 0 Å². The van der Waals surface area contributed by atoms with E-state index in [0.717, 1.165) is 16.8 Å². The number of nitrogens with one attached hydrogen (secondary N) is 1. The number of H-pyrrole nitrogens is 1. The maximum Gasteiger partial charge on any atom is 0.0869 e. The molecule has 3 aromatic rings. The second-order valence-electron chi connectivity index (χ2n) is 4.55. The third-order valence-electron chi connectivity index (χ3n) is 2.90. The van der Waals surface area contributed by atoms with Crippen molar-refractivity contribution in [2.45, 2.75) is 13.1 Å². The molecule has 0 radical (unpaired) electrons. The van der Waals surface area contributed by atoms with Crippen LogP contribution in [0.15, 0.2) is 83.3 Å². The topological polar surface area (TPSA) is 79.4 Å². The SMILES string of the molecule is Nc1ccccc1CN=NCc1ccccc1.c1cn[nH]c1. The monoisotopic (exact) mass is 293 g/mol. The minimum atomic E-state index is 0.541. The molecule has 0 saturated carbocycles. The molecule has 22 heavy (non-hydrogen) atoms. The molecule has 0 fully saturated rings. The standard InChI is InChI=1S/C14H15N3.C3H4N2/c15-14-9-5-4-8-13(14)11-17-16-10-12-6-2-1-3-7-12;1-2-4-5-3-1/h1-9H,10-11,15H2;1-3H,(H,4,5). The summed E-state index contributed by atoms with van der Waals surface area (Å²) in [4.78, 5) is 0. The van der Waals surface area contributed by atoms with Crippen molar-refractivity contribution in [3.63, 3.8) is 0 Å². The second kappa shape index (κ2) is 9.07. The van der Waals surface area contributed by atoms with Crippen molar-refractivity contribution >= 4 is 5.69 Å². The quantitative estimate of drug-likeness (QED) is 0.566. The lowest BCUT2D eigenvalue weighted by molar-refractivity contribution is 0.852. The first-order valence-electron chi connectivity index (χ1n) is 7.00. The zero-order valence-corrected chi connectivity index (χ0v) is 12.3. The summed E-state index contributed by atoms with van der Waals surface area (Å²) in [6.45, 7) is 1.16. The van der Waals surface area contributed by atoms with E-state index in [2.05, 4.69) is 20.4 Å². The van der Waals surface area contributed by atoms with Crippen LogP contribution in [-0.2, 0) is 13.1 Å². The number of nitrogens with two attached hydrogens (primary N) is 1. The first kappa shape index (κ1) is 15.4. The van der Waals surface area contributed by atoms with Gasteiger partial charge in [-0.1, -0.05) is 48.5 Å². The highest BCUT2D eigenvalue weighted by molar-refractivity contribution is 5.46. The minimum Gasteiger partial charge on any atom is -0.398 e. The first-order valence-corrected chi connectivity index (χ1v) is 7.00. The fourth-order valence-corrected chi connectivity index (χ4v) is 1.73. The Labute approximate surface area is 129 Å². The van der Waals surface area contributed by atoms with Crippen molar-refractivity contribution in [3.05, 3.63) is 84.2 Å². The highest BCUT2D eigenvalue weighted by Crippen LogP contribution is 2.11. The minimum absolute atomic E-state index is 0.541. The molecule has 5 heteroatoms. The average Bonchev–Trinajstić information content (AvgIpc) is 3.14. The van der Waals surface area contributed by atoms with Gasteiger partial charge >= 0.3 is 0 Å². The van der Waals surface area contributed by atoms with E-state index in [1.54, 1.807) is 12.4 Å². The molecule has 0 unspecified atom stereocenters. The highest BCUT2D eigenvalue weighted by Gasteiger charge is 1.95. The average molecular weight is 293 g/mol. The van der Waals surface area contributed by atoms with Crippen molar-refractivity contribution in [2.24, 2.45) is 10.2 Å². The van der Waals surface area contributed by atoms with Gasteiger partial charge in [0.2, 0.25) is 0 Å². The summed E-state index contributed by atoms with van der Waals surface area (Å²) < 4.78 is 0. The van der Waals surface area contributed by atoms with Crippen molar-refractivity contribution in [1.29, 1.82) is 0 Å². The lowest BCUT2D eigenvalue weighted by Crippen LogP contribution is -1.91. The Morgan fingerprint density at radius 2 is 1.59 bits per heavy atom. The zero-order chi connectivity index (χ0) is 15.5. The van der Waals surface area contributed by atoms with E-state index >= 15 is 0 Å². The van der Waals surface area contributed by atoms with Gasteiger partial charge in [0, 0.05) is 18.1 Å². The number of azo groups is 1. The van der Waals surface area contributed by atoms with Crippen molar-refractivity contribution in [1.82, 2.24) is 10.2 Å². The van der Waals surface area contributed by atoms with Gasteiger partial charge in [0.05, 0.1) is 13.1 Å². The molecule has 5 nitrogen and oxygen atoms in total. The maximum absolute atomic E-state index is 5.81. The van der Waals surface area contributed by atoms with Gasteiger partial charge in [-0.05, 0) is 23.3 Å². The lowest BCUT2D eigenvalue weighted by atomic mass is 10.2. The van der Waals surface area contributed by atoms with E-state index < -0.39 is 0 Å². The molecule has 0 aliphatic heterocycles. The van der Waals surface area contributed by atoms with E-state index in [9.17, 15) is 0 Å². The van der Waals surface area contributed by atoms with Crippen LogP contribution in [0.2, 0.25) is 0 Å². The number of anilines is 1. The van der Waals surface area contributed by atoms with Gasteiger partial charge in [0.15, 0.2) is 0 Å². The molecule has 0 aliphatic carbocycles. The molecule has 0 atom stereocenters. The summed E-state index contributed by atoms with van der Waals surface area (Å²) in [5.74, 6) is 0. The van der Waals surface area contributed by atoms with Gasteiger partial charge in [-0.25, -0.2) is 0 Å². The molecule has 3 N–H and O–H groups in total. The molecule has 1 aromatic heterocycles. The van der Waals surface area contributed by atoms with Crippen molar-refractivity contribution in [2.75, 3.05) is 5.73 Å². The number of benzene rings is 2. The molecule has 2 aromatic carbocycles. The summed E-state index contributed by atoms with van der Waals surface area (Å²) in [5, 5.41) is 14.5. The predicted octanol–water partition coefficient (Wildman–Crippen LogP) is 3.83. The number of nitrogen functional groups attached to an aromatic ring is 1. The Bertz CT molecular complexity index is 645. The van der Waals surface area contributed by atoms with Gasteiger partial charge < -0.3 is 5.73 Å². The molecule has 1 heterocycles.